The number of halogens is 4. The normalized spacial score (nSPS) is 30.2. The van der Waals surface area contributed by atoms with E-state index in [1.165, 1.54) is 6.07 Å². The van der Waals surface area contributed by atoms with Crippen LogP contribution in [-0.2, 0) is 6.42 Å². The van der Waals surface area contributed by atoms with Gasteiger partial charge in [0, 0.05) is 11.8 Å². The van der Waals surface area contributed by atoms with Crippen molar-refractivity contribution in [2.75, 3.05) is 0 Å². The van der Waals surface area contributed by atoms with Crippen LogP contribution in [0.2, 0.25) is 0 Å². The molecular formula is C15H16ClF3. The van der Waals surface area contributed by atoms with Crippen LogP contribution < -0.4 is 0 Å². The Labute approximate surface area is 116 Å². The van der Waals surface area contributed by atoms with E-state index >= 15 is 0 Å². The highest BCUT2D eigenvalue weighted by atomic mass is 35.5. The molecular weight excluding hydrogens is 273 g/mol. The summed E-state index contributed by atoms with van der Waals surface area (Å²) >= 11 is 6.41. The van der Waals surface area contributed by atoms with E-state index in [9.17, 15) is 13.2 Å². The van der Waals surface area contributed by atoms with Gasteiger partial charge >= 0.3 is 6.18 Å². The van der Waals surface area contributed by atoms with Gasteiger partial charge in [-0.25, -0.2) is 0 Å². The zero-order valence-corrected chi connectivity index (χ0v) is 11.6. The molecule has 0 saturated heterocycles. The van der Waals surface area contributed by atoms with Crippen LogP contribution >= 0.6 is 11.6 Å². The standard InChI is InChI=1S/C15H16ClF3/c1-9(2)12-13(14(12,3)16)11-6-4-5-10(7-11)8-15(17,18)19/h4-7,12-13H,1,8H2,2-3H3. The predicted octanol–water partition coefficient (Wildman–Crippen LogP) is 5.08. The molecule has 104 valence electrons. The minimum Gasteiger partial charge on any atom is -0.171 e. The summed E-state index contributed by atoms with van der Waals surface area (Å²) in [5.74, 6) is 0.190. The van der Waals surface area contributed by atoms with Gasteiger partial charge in [-0.2, -0.15) is 13.2 Å². The summed E-state index contributed by atoms with van der Waals surface area (Å²) in [6.07, 6.45) is -5.08. The second kappa shape index (κ2) is 4.55. The zero-order chi connectivity index (χ0) is 14.4. The van der Waals surface area contributed by atoms with Gasteiger partial charge in [0.15, 0.2) is 0 Å². The lowest BCUT2D eigenvalue weighted by molar-refractivity contribution is -0.127. The molecule has 0 bridgehead atoms. The summed E-state index contributed by atoms with van der Waals surface area (Å²) in [6.45, 7) is 7.73. The molecule has 1 aromatic carbocycles. The third-order valence-corrected chi connectivity index (χ3v) is 4.16. The average Bonchev–Trinajstić information content (AvgIpc) is 2.79. The summed E-state index contributed by atoms with van der Waals surface area (Å²) in [5.41, 5.74) is 2.13. The van der Waals surface area contributed by atoms with Crippen molar-refractivity contribution >= 4 is 11.6 Å². The highest BCUT2D eigenvalue weighted by molar-refractivity contribution is 6.27. The molecule has 4 heteroatoms. The van der Waals surface area contributed by atoms with Gasteiger partial charge in [-0.15, -0.1) is 11.6 Å². The predicted molar refractivity (Wildman–Crippen MR) is 71.5 cm³/mol. The molecule has 0 amide bonds. The third-order valence-electron chi connectivity index (χ3n) is 3.69. The number of hydrogen-bond acceptors (Lipinski definition) is 0. The first-order chi connectivity index (χ1) is 8.63. The molecule has 0 heterocycles. The first-order valence-corrected chi connectivity index (χ1v) is 6.50. The number of rotatable bonds is 3. The fourth-order valence-corrected chi connectivity index (χ4v) is 3.40. The molecule has 0 N–H and O–H groups in total. The molecule has 0 radical (unpaired) electrons. The molecule has 1 saturated carbocycles. The van der Waals surface area contributed by atoms with Crippen molar-refractivity contribution in [1.29, 1.82) is 0 Å². The molecule has 1 aliphatic carbocycles. The Kier molecular flexibility index (Phi) is 3.46. The van der Waals surface area contributed by atoms with Crippen LogP contribution in [0.5, 0.6) is 0 Å². The van der Waals surface area contributed by atoms with Crippen molar-refractivity contribution in [2.24, 2.45) is 5.92 Å². The van der Waals surface area contributed by atoms with E-state index in [2.05, 4.69) is 6.58 Å². The van der Waals surface area contributed by atoms with E-state index in [-0.39, 0.29) is 17.4 Å². The Morgan fingerprint density at radius 2 is 2.05 bits per heavy atom. The van der Waals surface area contributed by atoms with E-state index in [4.69, 9.17) is 11.6 Å². The van der Waals surface area contributed by atoms with E-state index in [1.54, 1.807) is 12.1 Å². The molecule has 0 spiro atoms. The maximum Gasteiger partial charge on any atom is 0.393 e. The topological polar surface area (TPSA) is 0 Å². The third kappa shape index (κ3) is 2.97. The van der Waals surface area contributed by atoms with Gasteiger partial charge in [-0.05, 0) is 25.0 Å². The van der Waals surface area contributed by atoms with Crippen LogP contribution in [0, 0.1) is 5.92 Å². The highest BCUT2D eigenvalue weighted by Gasteiger charge is 2.61. The summed E-state index contributed by atoms with van der Waals surface area (Å²) < 4.78 is 37.2. The smallest absolute Gasteiger partial charge is 0.171 e. The molecule has 3 atom stereocenters. The number of allylic oxidation sites excluding steroid dienone is 1. The highest BCUT2D eigenvalue weighted by Crippen LogP contribution is 2.64. The first-order valence-electron chi connectivity index (χ1n) is 6.13. The Morgan fingerprint density at radius 1 is 1.42 bits per heavy atom. The van der Waals surface area contributed by atoms with Gasteiger partial charge in [0.05, 0.1) is 11.3 Å². The van der Waals surface area contributed by atoms with Gasteiger partial charge in [-0.3, -0.25) is 0 Å². The quantitative estimate of drug-likeness (QED) is 0.537. The fourth-order valence-electron chi connectivity index (χ4n) is 2.90. The monoisotopic (exact) mass is 288 g/mol. The van der Waals surface area contributed by atoms with Crippen molar-refractivity contribution in [1.82, 2.24) is 0 Å². The summed E-state index contributed by atoms with van der Waals surface area (Å²) in [7, 11) is 0. The number of hydrogen-bond donors (Lipinski definition) is 0. The minimum absolute atomic E-state index is 0.0554. The lowest BCUT2D eigenvalue weighted by Gasteiger charge is -2.08. The molecule has 19 heavy (non-hydrogen) atoms. The van der Waals surface area contributed by atoms with Crippen molar-refractivity contribution in [2.45, 2.75) is 37.2 Å². The summed E-state index contributed by atoms with van der Waals surface area (Å²) in [4.78, 5) is -0.428. The van der Waals surface area contributed by atoms with Gasteiger partial charge < -0.3 is 0 Å². The lowest BCUT2D eigenvalue weighted by Crippen LogP contribution is -2.11. The van der Waals surface area contributed by atoms with Crippen molar-refractivity contribution in [3.05, 3.63) is 47.5 Å². The zero-order valence-electron chi connectivity index (χ0n) is 10.9. The molecule has 0 aromatic heterocycles. The van der Waals surface area contributed by atoms with E-state index in [0.717, 1.165) is 11.1 Å². The second-order valence-corrected chi connectivity index (χ2v) is 6.30. The number of benzene rings is 1. The Bertz CT molecular complexity index is 502. The maximum atomic E-state index is 12.4. The van der Waals surface area contributed by atoms with Crippen LogP contribution in [0.1, 0.15) is 30.9 Å². The first kappa shape index (κ1) is 14.4. The summed E-state index contributed by atoms with van der Waals surface area (Å²) in [5, 5.41) is 0. The van der Waals surface area contributed by atoms with Crippen LogP contribution in [0.3, 0.4) is 0 Å². The molecule has 1 aliphatic rings. The van der Waals surface area contributed by atoms with E-state index in [0.29, 0.717) is 0 Å². The van der Waals surface area contributed by atoms with E-state index in [1.807, 2.05) is 19.9 Å². The average molecular weight is 289 g/mol. The maximum absolute atomic E-state index is 12.4. The summed E-state index contributed by atoms with van der Waals surface area (Å²) in [6, 6.07) is 6.62. The Morgan fingerprint density at radius 3 is 2.53 bits per heavy atom. The Hall–Kier alpha value is -0.960. The molecule has 2 rings (SSSR count). The second-order valence-electron chi connectivity index (χ2n) is 5.49. The lowest BCUT2D eigenvalue weighted by atomic mass is 10.0. The largest absolute Gasteiger partial charge is 0.393 e. The van der Waals surface area contributed by atoms with Crippen molar-refractivity contribution in [3.63, 3.8) is 0 Å². The van der Waals surface area contributed by atoms with Gasteiger partial charge in [0.2, 0.25) is 0 Å². The van der Waals surface area contributed by atoms with Gasteiger partial charge in [0.25, 0.3) is 0 Å². The molecule has 0 nitrogen and oxygen atoms in total. The van der Waals surface area contributed by atoms with Crippen LogP contribution in [0.4, 0.5) is 13.2 Å². The van der Waals surface area contributed by atoms with Gasteiger partial charge in [-0.1, -0.05) is 36.4 Å². The molecule has 1 aromatic rings. The molecule has 3 unspecified atom stereocenters. The Balaban J connectivity index is 2.24. The minimum atomic E-state index is -4.18. The van der Waals surface area contributed by atoms with Crippen LogP contribution in [0.25, 0.3) is 0 Å². The van der Waals surface area contributed by atoms with Crippen LogP contribution in [-0.4, -0.2) is 11.1 Å². The van der Waals surface area contributed by atoms with Crippen molar-refractivity contribution in [3.8, 4) is 0 Å². The SMILES string of the molecule is C=C(C)C1C(c2cccc(CC(F)(F)F)c2)C1(C)Cl. The molecule has 1 fully saturated rings. The van der Waals surface area contributed by atoms with Gasteiger partial charge in [0.1, 0.15) is 0 Å². The number of alkyl halides is 4. The van der Waals surface area contributed by atoms with E-state index < -0.39 is 17.5 Å². The van der Waals surface area contributed by atoms with Crippen LogP contribution in [0.15, 0.2) is 36.4 Å². The fraction of sp³-hybridized carbons (Fsp3) is 0.467. The van der Waals surface area contributed by atoms with Crippen molar-refractivity contribution < 1.29 is 13.2 Å². The molecule has 0 aliphatic heterocycles.